The Morgan fingerprint density at radius 1 is 1.17 bits per heavy atom. The van der Waals surface area contributed by atoms with Gasteiger partial charge in [-0.15, -0.1) is 0 Å². The van der Waals surface area contributed by atoms with Gasteiger partial charge in [0.2, 0.25) is 11.8 Å². The molecule has 2 atom stereocenters. The molecule has 2 aromatic carbocycles. The highest BCUT2D eigenvalue weighted by molar-refractivity contribution is 6.13. The summed E-state index contributed by atoms with van der Waals surface area (Å²) in [4.78, 5) is 53.3. The van der Waals surface area contributed by atoms with Gasteiger partial charge in [0.1, 0.15) is 29.4 Å². The number of hydrogen-bond acceptors (Lipinski definition) is 7. The molecule has 1 saturated heterocycles. The number of carboxylic acid groups (broad SMARTS) is 1. The third kappa shape index (κ3) is 6.30. The average Bonchev–Trinajstić information content (AvgIpc) is 3.19. The summed E-state index contributed by atoms with van der Waals surface area (Å²) in [6, 6.07) is 16.6. The van der Waals surface area contributed by atoms with E-state index in [0.717, 1.165) is 5.56 Å². The van der Waals surface area contributed by atoms with Crippen LogP contribution < -0.4 is 15.4 Å². The van der Waals surface area contributed by atoms with E-state index in [9.17, 15) is 19.2 Å². The van der Waals surface area contributed by atoms with Crippen molar-refractivity contribution in [1.82, 2.24) is 20.5 Å². The summed E-state index contributed by atoms with van der Waals surface area (Å²) < 4.78 is 5.81. The molecule has 0 aliphatic carbocycles. The van der Waals surface area contributed by atoms with E-state index in [2.05, 4.69) is 15.7 Å². The number of carbonyl (C=O) groups excluding carboxylic acids is 3. The Balaban J connectivity index is 1.59. The van der Waals surface area contributed by atoms with E-state index in [4.69, 9.17) is 15.1 Å². The number of fused-ring (bicyclic) bond motifs is 1. The lowest BCUT2D eigenvalue weighted by Gasteiger charge is -2.40. The number of nitriles is 1. The van der Waals surface area contributed by atoms with Gasteiger partial charge in [-0.05, 0) is 50.1 Å². The smallest absolute Gasteiger partial charge is 0.405 e. The van der Waals surface area contributed by atoms with Crippen LogP contribution in [0.4, 0.5) is 4.79 Å². The Kier molecular flexibility index (Phi) is 8.28. The zero-order valence-electron chi connectivity index (χ0n) is 23.1. The zero-order valence-corrected chi connectivity index (χ0v) is 23.1. The number of nitrogens with one attached hydrogen (secondary N) is 2. The van der Waals surface area contributed by atoms with E-state index in [1.807, 2.05) is 36.4 Å². The number of carbonyl (C=O) groups is 4. The van der Waals surface area contributed by atoms with Gasteiger partial charge in [-0.25, -0.2) is 9.80 Å². The van der Waals surface area contributed by atoms with Gasteiger partial charge in [-0.2, -0.15) is 10.4 Å². The first-order valence-electron chi connectivity index (χ1n) is 13.1. The van der Waals surface area contributed by atoms with Gasteiger partial charge in [0, 0.05) is 26.6 Å². The standard InChI is InChI=1S/C29H32N6O6/c1-28(2,32-27(39)40)25(37)31-22(17-41-21-11-9-20(16-30)10-12-21)24(36)35-14-13-23-29(18-35,26(38)34(3)33-23)15-19-7-5-4-6-8-19/h4-12,22,32H,13-15,17-18H2,1-3H3,(H,31,37)(H,39,40). The molecule has 2 unspecified atom stereocenters. The second-order valence-electron chi connectivity index (χ2n) is 10.7. The van der Waals surface area contributed by atoms with Gasteiger partial charge in [-0.1, -0.05) is 30.3 Å². The van der Waals surface area contributed by atoms with E-state index in [1.165, 1.54) is 23.8 Å². The fourth-order valence-electron chi connectivity index (χ4n) is 5.08. The van der Waals surface area contributed by atoms with E-state index in [0.29, 0.717) is 29.9 Å². The quantitative estimate of drug-likeness (QED) is 0.420. The first-order valence-corrected chi connectivity index (χ1v) is 13.1. The van der Waals surface area contributed by atoms with Gasteiger partial charge in [0.05, 0.1) is 17.3 Å². The molecule has 214 valence electrons. The van der Waals surface area contributed by atoms with Gasteiger partial charge < -0.3 is 25.4 Å². The normalized spacial score (nSPS) is 19.0. The Morgan fingerprint density at radius 2 is 1.85 bits per heavy atom. The van der Waals surface area contributed by atoms with Gasteiger partial charge >= 0.3 is 6.09 Å². The molecular weight excluding hydrogens is 528 g/mol. The molecule has 0 spiro atoms. The van der Waals surface area contributed by atoms with E-state index in [1.54, 1.807) is 31.3 Å². The van der Waals surface area contributed by atoms with Crippen LogP contribution in [0.2, 0.25) is 0 Å². The molecular formula is C29H32N6O6. The molecule has 0 radical (unpaired) electrons. The van der Waals surface area contributed by atoms with Crippen LogP contribution in [0.5, 0.6) is 5.75 Å². The zero-order chi connectivity index (χ0) is 29.8. The van der Waals surface area contributed by atoms with E-state index in [-0.39, 0.29) is 25.6 Å². The Bertz CT molecular complexity index is 1400. The average molecular weight is 561 g/mol. The van der Waals surface area contributed by atoms with E-state index < -0.39 is 34.9 Å². The lowest BCUT2D eigenvalue weighted by atomic mass is 9.73. The van der Waals surface area contributed by atoms with Crippen molar-refractivity contribution in [2.45, 2.75) is 38.3 Å². The highest BCUT2D eigenvalue weighted by Crippen LogP contribution is 2.38. The maximum atomic E-state index is 14.0. The fraction of sp³-hybridized carbons (Fsp3) is 0.379. The molecule has 0 bridgehead atoms. The van der Waals surface area contributed by atoms with E-state index >= 15 is 0 Å². The molecule has 2 heterocycles. The summed E-state index contributed by atoms with van der Waals surface area (Å²) in [7, 11) is 1.60. The number of piperidine rings is 1. The number of benzene rings is 2. The minimum atomic E-state index is -1.54. The molecule has 2 aliphatic heterocycles. The third-order valence-electron chi connectivity index (χ3n) is 7.26. The van der Waals surface area contributed by atoms with Crippen LogP contribution in [-0.4, -0.2) is 82.9 Å². The van der Waals surface area contributed by atoms with Crippen molar-refractivity contribution in [3.05, 3.63) is 65.7 Å². The first kappa shape index (κ1) is 29.1. The van der Waals surface area contributed by atoms with Crippen molar-refractivity contribution >= 4 is 29.5 Å². The largest absolute Gasteiger partial charge is 0.491 e. The van der Waals surface area contributed by atoms with Crippen LogP contribution >= 0.6 is 0 Å². The van der Waals surface area contributed by atoms with Crippen LogP contribution in [-0.2, 0) is 20.8 Å². The van der Waals surface area contributed by atoms with Gasteiger partial charge in [0.25, 0.3) is 5.91 Å². The van der Waals surface area contributed by atoms with Crippen LogP contribution in [0, 0.1) is 16.7 Å². The number of likely N-dealkylation sites (tertiary alicyclic amines) is 1. The highest BCUT2D eigenvalue weighted by atomic mass is 16.5. The summed E-state index contributed by atoms with van der Waals surface area (Å²) in [5.74, 6) is -1.04. The van der Waals surface area contributed by atoms with Gasteiger partial charge in [0.15, 0.2) is 0 Å². The number of rotatable bonds is 9. The van der Waals surface area contributed by atoms with Crippen LogP contribution in [0.15, 0.2) is 59.7 Å². The molecule has 2 aromatic rings. The minimum absolute atomic E-state index is 0.0583. The second kappa shape index (κ2) is 11.7. The molecule has 12 nitrogen and oxygen atoms in total. The summed E-state index contributed by atoms with van der Waals surface area (Å²) in [5, 5.41) is 28.8. The lowest BCUT2D eigenvalue weighted by molar-refractivity contribution is -0.143. The predicted octanol–water partition coefficient (Wildman–Crippen LogP) is 1.76. The number of amides is 4. The van der Waals surface area contributed by atoms with Crippen molar-refractivity contribution in [1.29, 1.82) is 5.26 Å². The minimum Gasteiger partial charge on any atom is -0.491 e. The molecule has 3 N–H and O–H groups in total. The molecule has 2 aliphatic rings. The summed E-state index contributed by atoms with van der Waals surface area (Å²) in [6.07, 6.45) is -0.664. The molecule has 41 heavy (non-hydrogen) atoms. The number of ether oxygens (including phenoxy) is 1. The fourth-order valence-corrected chi connectivity index (χ4v) is 5.08. The van der Waals surface area contributed by atoms with Crippen LogP contribution in [0.3, 0.4) is 0 Å². The SMILES string of the molecule is CN1N=C2CCN(C(=O)C(COc3ccc(C#N)cc3)NC(=O)C(C)(C)NC(=O)O)CC2(Cc2ccccc2)C1=O. The third-order valence-corrected chi connectivity index (χ3v) is 7.26. The highest BCUT2D eigenvalue weighted by Gasteiger charge is 2.54. The molecule has 1 fully saturated rings. The van der Waals surface area contributed by atoms with Crippen molar-refractivity contribution < 1.29 is 29.0 Å². The number of hydrazone groups is 1. The monoisotopic (exact) mass is 560 g/mol. The topological polar surface area (TPSA) is 164 Å². The maximum Gasteiger partial charge on any atom is 0.405 e. The maximum absolute atomic E-state index is 14.0. The van der Waals surface area contributed by atoms with Crippen molar-refractivity contribution in [2.24, 2.45) is 10.5 Å². The Hall–Kier alpha value is -4.92. The van der Waals surface area contributed by atoms with Crippen molar-refractivity contribution in [2.75, 3.05) is 26.7 Å². The lowest BCUT2D eigenvalue weighted by Crippen LogP contribution is -2.62. The molecule has 0 saturated carbocycles. The molecule has 12 heteroatoms. The summed E-state index contributed by atoms with van der Waals surface area (Å²) in [6.45, 7) is 2.82. The predicted molar refractivity (Wildman–Crippen MR) is 148 cm³/mol. The Labute approximate surface area is 237 Å². The van der Waals surface area contributed by atoms with Crippen molar-refractivity contribution in [3.63, 3.8) is 0 Å². The molecule has 4 amide bonds. The van der Waals surface area contributed by atoms with Gasteiger partial charge in [-0.3, -0.25) is 14.4 Å². The molecule has 0 aromatic heterocycles. The Morgan fingerprint density at radius 3 is 2.49 bits per heavy atom. The summed E-state index contributed by atoms with van der Waals surface area (Å²) in [5.41, 5.74) is -0.524. The first-order chi connectivity index (χ1) is 19.4. The number of nitrogens with zero attached hydrogens (tertiary/aromatic N) is 4. The van der Waals surface area contributed by atoms with Crippen molar-refractivity contribution in [3.8, 4) is 11.8 Å². The number of hydrogen-bond donors (Lipinski definition) is 3. The molecule has 4 rings (SSSR count). The second-order valence-corrected chi connectivity index (χ2v) is 10.7. The summed E-state index contributed by atoms with van der Waals surface area (Å²) >= 11 is 0. The van der Waals surface area contributed by atoms with Crippen LogP contribution in [0.1, 0.15) is 31.4 Å². The van der Waals surface area contributed by atoms with Crippen LogP contribution in [0.25, 0.3) is 0 Å².